The Labute approximate surface area is 112 Å². The van der Waals surface area contributed by atoms with Crippen molar-refractivity contribution in [3.05, 3.63) is 46.8 Å². The third-order valence-electron chi connectivity index (χ3n) is 3.17. The van der Waals surface area contributed by atoms with Crippen molar-refractivity contribution in [1.82, 2.24) is 9.97 Å². The van der Waals surface area contributed by atoms with Gasteiger partial charge in [-0.15, -0.1) is 0 Å². The number of aromatic nitrogens is 2. The van der Waals surface area contributed by atoms with Crippen LogP contribution < -0.4 is 0 Å². The minimum Gasteiger partial charge on any atom is -0.465 e. The molecule has 0 saturated carbocycles. The molecule has 4 heteroatoms. The molecule has 1 aromatic heterocycles. The first-order valence-corrected chi connectivity index (χ1v) is 6.03. The molecule has 0 bridgehead atoms. The average molecular weight is 256 g/mol. The van der Waals surface area contributed by atoms with Gasteiger partial charge in [-0.1, -0.05) is 12.1 Å². The molecule has 0 aliphatic rings. The lowest BCUT2D eigenvalue weighted by atomic mass is 10.1. The molecule has 0 amide bonds. The van der Waals surface area contributed by atoms with Gasteiger partial charge in [0.15, 0.2) is 5.82 Å². The highest BCUT2D eigenvalue weighted by atomic mass is 16.5. The number of aryl methyl sites for hydroxylation is 2. The number of hydrogen-bond donors (Lipinski definition) is 0. The van der Waals surface area contributed by atoms with E-state index in [1.807, 2.05) is 26.8 Å². The zero-order valence-electron chi connectivity index (χ0n) is 11.5. The van der Waals surface area contributed by atoms with E-state index >= 15 is 0 Å². The van der Waals surface area contributed by atoms with Crippen LogP contribution in [0.2, 0.25) is 0 Å². The van der Waals surface area contributed by atoms with E-state index in [-0.39, 0.29) is 5.97 Å². The van der Waals surface area contributed by atoms with Crippen molar-refractivity contribution in [3.63, 3.8) is 0 Å². The molecule has 1 aromatic carbocycles. The van der Waals surface area contributed by atoms with Crippen LogP contribution in [0, 0.1) is 20.8 Å². The predicted octanol–water partition coefficient (Wildman–Crippen LogP) is 2.86. The zero-order valence-corrected chi connectivity index (χ0v) is 11.5. The second-order valence-corrected chi connectivity index (χ2v) is 4.42. The number of hydrogen-bond acceptors (Lipinski definition) is 4. The lowest BCUT2D eigenvalue weighted by molar-refractivity contribution is 0.0601. The van der Waals surface area contributed by atoms with Crippen molar-refractivity contribution in [2.75, 3.05) is 7.11 Å². The normalized spacial score (nSPS) is 10.3. The standard InChI is InChI=1S/C15H16N2O2/c1-9-10(2)16-14(17-11(9)3)12-6-5-7-13(8-12)15(18)19-4/h5-8H,1-4H3. The van der Waals surface area contributed by atoms with Crippen LogP contribution in [-0.4, -0.2) is 23.0 Å². The highest BCUT2D eigenvalue weighted by molar-refractivity contribution is 5.90. The Bertz CT molecular complexity index is 613. The molecule has 4 nitrogen and oxygen atoms in total. The summed E-state index contributed by atoms with van der Waals surface area (Å²) in [6, 6.07) is 7.14. The van der Waals surface area contributed by atoms with Crippen molar-refractivity contribution in [1.29, 1.82) is 0 Å². The smallest absolute Gasteiger partial charge is 0.337 e. The molecule has 19 heavy (non-hydrogen) atoms. The van der Waals surface area contributed by atoms with Crippen molar-refractivity contribution in [2.24, 2.45) is 0 Å². The van der Waals surface area contributed by atoms with E-state index < -0.39 is 0 Å². The van der Waals surface area contributed by atoms with Crippen LogP contribution in [0.4, 0.5) is 0 Å². The van der Waals surface area contributed by atoms with Gasteiger partial charge in [-0.05, 0) is 38.5 Å². The number of methoxy groups -OCH3 is 1. The molecular weight excluding hydrogens is 240 g/mol. The number of carbonyl (C=O) groups is 1. The van der Waals surface area contributed by atoms with E-state index in [4.69, 9.17) is 4.74 Å². The van der Waals surface area contributed by atoms with E-state index in [1.54, 1.807) is 18.2 Å². The van der Waals surface area contributed by atoms with E-state index in [2.05, 4.69) is 9.97 Å². The SMILES string of the molecule is COC(=O)c1cccc(-c2nc(C)c(C)c(C)n2)c1. The lowest BCUT2D eigenvalue weighted by Gasteiger charge is -2.08. The Hall–Kier alpha value is -2.23. The van der Waals surface area contributed by atoms with Crippen LogP contribution >= 0.6 is 0 Å². The summed E-state index contributed by atoms with van der Waals surface area (Å²) in [4.78, 5) is 20.5. The second-order valence-electron chi connectivity index (χ2n) is 4.42. The van der Waals surface area contributed by atoms with Crippen LogP contribution in [-0.2, 0) is 4.74 Å². The monoisotopic (exact) mass is 256 g/mol. The second kappa shape index (κ2) is 5.18. The summed E-state index contributed by atoms with van der Waals surface area (Å²) in [5, 5.41) is 0. The quantitative estimate of drug-likeness (QED) is 0.775. The first kappa shape index (κ1) is 13.2. The minimum absolute atomic E-state index is 0.359. The molecule has 0 atom stereocenters. The predicted molar refractivity (Wildman–Crippen MR) is 73.0 cm³/mol. The van der Waals surface area contributed by atoms with Gasteiger partial charge in [-0.25, -0.2) is 14.8 Å². The maximum absolute atomic E-state index is 11.5. The van der Waals surface area contributed by atoms with Gasteiger partial charge in [0.2, 0.25) is 0 Å². The fraction of sp³-hybridized carbons (Fsp3) is 0.267. The molecule has 0 fully saturated rings. The van der Waals surface area contributed by atoms with Gasteiger partial charge >= 0.3 is 5.97 Å². The molecule has 0 radical (unpaired) electrons. The fourth-order valence-corrected chi connectivity index (χ4v) is 1.80. The highest BCUT2D eigenvalue weighted by Crippen LogP contribution is 2.19. The van der Waals surface area contributed by atoms with Crippen molar-refractivity contribution in [3.8, 4) is 11.4 Å². The Kier molecular flexibility index (Phi) is 3.60. The van der Waals surface area contributed by atoms with Crippen molar-refractivity contribution < 1.29 is 9.53 Å². The van der Waals surface area contributed by atoms with Crippen molar-refractivity contribution in [2.45, 2.75) is 20.8 Å². The van der Waals surface area contributed by atoms with E-state index in [0.29, 0.717) is 11.4 Å². The molecule has 0 spiro atoms. The maximum atomic E-state index is 11.5. The molecule has 0 saturated heterocycles. The third-order valence-corrected chi connectivity index (χ3v) is 3.17. The zero-order chi connectivity index (χ0) is 14.0. The van der Waals surface area contributed by atoms with Gasteiger partial charge in [-0.2, -0.15) is 0 Å². The van der Waals surface area contributed by atoms with Gasteiger partial charge in [0.05, 0.1) is 12.7 Å². The molecule has 0 unspecified atom stereocenters. The van der Waals surface area contributed by atoms with Crippen molar-refractivity contribution >= 4 is 5.97 Å². The summed E-state index contributed by atoms with van der Waals surface area (Å²) in [6.07, 6.45) is 0. The lowest BCUT2D eigenvalue weighted by Crippen LogP contribution is -2.03. The summed E-state index contributed by atoms with van der Waals surface area (Å²) in [5.41, 5.74) is 4.30. The maximum Gasteiger partial charge on any atom is 0.337 e. The molecule has 0 aliphatic carbocycles. The molecule has 1 heterocycles. The molecular formula is C15H16N2O2. The number of carbonyl (C=O) groups excluding carboxylic acids is 1. The first-order valence-electron chi connectivity index (χ1n) is 6.03. The summed E-state index contributed by atoms with van der Waals surface area (Å²) < 4.78 is 4.71. The number of benzene rings is 1. The van der Waals surface area contributed by atoms with Gasteiger partial charge in [0.1, 0.15) is 0 Å². The summed E-state index contributed by atoms with van der Waals surface area (Å²) in [5.74, 6) is 0.272. The van der Waals surface area contributed by atoms with E-state index in [0.717, 1.165) is 22.5 Å². The van der Waals surface area contributed by atoms with E-state index in [9.17, 15) is 4.79 Å². The molecule has 98 valence electrons. The van der Waals surface area contributed by atoms with Crippen LogP contribution in [0.1, 0.15) is 27.3 Å². The summed E-state index contributed by atoms with van der Waals surface area (Å²) in [6.45, 7) is 5.91. The highest BCUT2D eigenvalue weighted by Gasteiger charge is 2.10. The van der Waals surface area contributed by atoms with Gasteiger partial charge in [-0.3, -0.25) is 0 Å². The van der Waals surface area contributed by atoms with Crippen LogP contribution in [0.3, 0.4) is 0 Å². The molecule has 2 aromatic rings. The van der Waals surface area contributed by atoms with Gasteiger partial charge in [0.25, 0.3) is 0 Å². The number of nitrogens with zero attached hydrogens (tertiary/aromatic N) is 2. The fourth-order valence-electron chi connectivity index (χ4n) is 1.80. The van der Waals surface area contributed by atoms with Gasteiger partial charge in [0, 0.05) is 17.0 Å². The molecule has 2 rings (SSSR count). The Morgan fingerprint density at radius 3 is 2.32 bits per heavy atom. The minimum atomic E-state index is -0.359. The summed E-state index contributed by atoms with van der Waals surface area (Å²) in [7, 11) is 1.37. The third kappa shape index (κ3) is 2.62. The number of esters is 1. The van der Waals surface area contributed by atoms with Gasteiger partial charge < -0.3 is 4.74 Å². The number of rotatable bonds is 2. The topological polar surface area (TPSA) is 52.1 Å². The molecule has 0 N–H and O–H groups in total. The Morgan fingerprint density at radius 1 is 1.11 bits per heavy atom. The average Bonchev–Trinajstić information content (AvgIpc) is 2.43. The van der Waals surface area contributed by atoms with Crippen LogP contribution in [0.5, 0.6) is 0 Å². The van der Waals surface area contributed by atoms with Crippen LogP contribution in [0.25, 0.3) is 11.4 Å². The molecule has 0 aliphatic heterocycles. The first-order chi connectivity index (χ1) is 9.02. The largest absolute Gasteiger partial charge is 0.465 e. The Morgan fingerprint density at radius 2 is 1.74 bits per heavy atom. The van der Waals surface area contributed by atoms with Crippen LogP contribution in [0.15, 0.2) is 24.3 Å². The van der Waals surface area contributed by atoms with E-state index in [1.165, 1.54) is 7.11 Å². The number of ether oxygens (including phenoxy) is 1. The Balaban J connectivity index is 2.50. The summed E-state index contributed by atoms with van der Waals surface area (Å²) >= 11 is 0.